The zero-order valence-electron chi connectivity index (χ0n) is 66.4. The fourth-order valence-electron chi connectivity index (χ4n) is 21.9. The second kappa shape index (κ2) is 24.5. The molecule has 0 saturated carbocycles. The normalized spacial score (nSPS) is 12.5. The zero-order chi connectivity index (χ0) is 80.4. The van der Waals surface area contributed by atoms with E-state index in [1.165, 1.54) is 130 Å². The van der Waals surface area contributed by atoms with Gasteiger partial charge in [-0.25, -0.2) is 19.9 Å². The van der Waals surface area contributed by atoms with Crippen molar-refractivity contribution in [2.75, 3.05) is 0 Å². The van der Waals surface area contributed by atoms with Crippen LogP contribution in [0.5, 0.6) is 0 Å². The number of benzene rings is 19. The first kappa shape index (κ1) is 66.1. The molecule has 0 radical (unpaired) electrons. The zero-order valence-corrected chi connectivity index (χ0v) is 66.4. The predicted molar refractivity (Wildman–Crippen MR) is 516 cm³/mol. The minimum atomic E-state index is 0.775. The van der Waals surface area contributed by atoms with Gasteiger partial charge in [0.05, 0.1) is 111 Å². The molecule has 29 rings (SSSR count). The Kier molecular flexibility index (Phi) is 13.0. The van der Waals surface area contributed by atoms with Crippen molar-refractivity contribution >= 4 is 207 Å². The van der Waals surface area contributed by atoms with Crippen LogP contribution in [-0.4, -0.2) is 47.0 Å². The molecule has 10 nitrogen and oxygen atoms in total. The van der Waals surface area contributed by atoms with Gasteiger partial charge in [0.2, 0.25) is 0 Å². The van der Waals surface area contributed by atoms with Gasteiger partial charge in [0.15, 0.2) is 5.82 Å². The van der Waals surface area contributed by atoms with E-state index >= 15 is 0 Å². The lowest BCUT2D eigenvalue weighted by Gasteiger charge is -2.15. The van der Waals surface area contributed by atoms with Gasteiger partial charge in [-0.15, -0.1) is 0 Å². The van der Waals surface area contributed by atoms with Gasteiger partial charge in [-0.05, 0) is 149 Å². The topological polar surface area (TPSA) is 80.1 Å². The summed E-state index contributed by atoms with van der Waals surface area (Å²) in [5.41, 5.74) is 30.4. The van der Waals surface area contributed by atoms with Crippen LogP contribution < -0.4 is 0 Å². The molecule has 0 spiro atoms. The summed E-state index contributed by atoms with van der Waals surface area (Å²) in [5.74, 6) is 0.775. The molecule has 10 heteroatoms. The van der Waals surface area contributed by atoms with Crippen LogP contribution in [-0.2, 0) is 0 Å². The molecule has 0 bridgehead atoms. The van der Waals surface area contributed by atoms with Crippen LogP contribution in [0, 0.1) is 0 Å². The average molecular weight is 1570 g/mol. The number of rotatable bonds is 8. The van der Waals surface area contributed by atoms with E-state index in [9.17, 15) is 0 Å². The van der Waals surface area contributed by atoms with Crippen LogP contribution in [0.15, 0.2) is 388 Å². The fourth-order valence-corrected chi connectivity index (χ4v) is 21.9. The number of nitrogens with zero attached hydrogens (tertiary/aromatic N) is 10. The van der Waals surface area contributed by atoms with Gasteiger partial charge in [-0.3, -0.25) is 4.57 Å². The highest BCUT2D eigenvalue weighted by Gasteiger charge is 2.31. The Hall–Kier alpha value is -16.8. The molecule has 0 unspecified atom stereocenters. The molecule has 29 aromatic rings. The first-order valence-electron chi connectivity index (χ1n) is 42.5. The summed E-state index contributed by atoms with van der Waals surface area (Å²) in [7, 11) is 0. The second-order valence-corrected chi connectivity index (χ2v) is 33.5. The first-order valence-corrected chi connectivity index (χ1v) is 42.5. The Bertz CT molecular complexity index is 9780. The summed E-state index contributed by atoms with van der Waals surface area (Å²) in [6.07, 6.45) is 0. The number of aromatic nitrogens is 10. The third-order valence-corrected chi connectivity index (χ3v) is 27.1. The SMILES string of the molecule is c1ccc(-n2c3ccccc3c3ccc(-c4nc5ccccc5nc4-c4ccc(-n5c6ccccc6c6cc7c8cc(-c9cccc(-n%10c%11ccccc%11c%11ccc(-c%12nc%13ccccc%13nc%12-n%12c%13ccccc%13c%13cc%14c%15ccccc%15n%15c%16c%17ccccc%17ccc%16c(c%13%12)c%14%15)cc%11%10)c9)ccc8n8c9c%10ccccc%10ccc9c(c65)c78)cc4)cc32)cc1. The lowest BCUT2D eigenvalue weighted by atomic mass is 9.99. The molecule has 0 fully saturated rings. The van der Waals surface area contributed by atoms with Crippen molar-refractivity contribution in [3.8, 4) is 67.8 Å². The van der Waals surface area contributed by atoms with Crippen LogP contribution in [0.3, 0.4) is 0 Å². The van der Waals surface area contributed by atoms with Gasteiger partial charge >= 0.3 is 0 Å². The summed E-state index contributed by atoms with van der Waals surface area (Å²) >= 11 is 0. The molecule has 124 heavy (non-hydrogen) atoms. The van der Waals surface area contributed by atoms with Crippen molar-refractivity contribution in [2.45, 2.75) is 0 Å². The molecule has 10 aromatic heterocycles. The van der Waals surface area contributed by atoms with Crippen LogP contribution in [0.1, 0.15) is 0 Å². The fraction of sp³-hybridized carbons (Fsp3) is 0. The molecule has 570 valence electrons. The summed E-state index contributed by atoms with van der Waals surface area (Å²) in [6.45, 7) is 0. The highest BCUT2D eigenvalue weighted by Crippen LogP contribution is 2.53. The van der Waals surface area contributed by atoms with Crippen LogP contribution in [0.4, 0.5) is 0 Å². The van der Waals surface area contributed by atoms with Gasteiger partial charge in [0, 0.05) is 131 Å². The van der Waals surface area contributed by atoms with Crippen molar-refractivity contribution in [2.24, 2.45) is 0 Å². The van der Waals surface area contributed by atoms with E-state index in [1.807, 2.05) is 12.1 Å². The van der Waals surface area contributed by atoms with Crippen LogP contribution >= 0.6 is 0 Å². The maximum atomic E-state index is 5.81. The molecule has 0 atom stereocenters. The molecule has 0 N–H and O–H groups in total. The van der Waals surface area contributed by atoms with Crippen molar-refractivity contribution in [3.63, 3.8) is 0 Å². The molecule has 0 saturated heterocycles. The van der Waals surface area contributed by atoms with Crippen LogP contribution in [0.2, 0.25) is 0 Å². The highest BCUT2D eigenvalue weighted by atomic mass is 15.1. The van der Waals surface area contributed by atoms with Gasteiger partial charge < -0.3 is 22.5 Å². The Labute approximate surface area is 705 Å². The summed E-state index contributed by atoms with van der Waals surface area (Å²) < 4.78 is 14.9. The van der Waals surface area contributed by atoms with Crippen molar-refractivity contribution < 1.29 is 0 Å². The van der Waals surface area contributed by atoms with E-state index in [0.717, 1.165) is 145 Å². The molecule has 19 aromatic carbocycles. The van der Waals surface area contributed by atoms with Gasteiger partial charge in [-0.1, -0.05) is 261 Å². The smallest absolute Gasteiger partial charge is 0.165 e. The summed E-state index contributed by atoms with van der Waals surface area (Å²) in [4.78, 5) is 22.6. The second-order valence-electron chi connectivity index (χ2n) is 33.5. The molecule has 0 aliphatic heterocycles. The minimum Gasteiger partial charge on any atom is -0.309 e. The van der Waals surface area contributed by atoms with Gasteiger partial charge in [0.1, 0.15) is 5.69 Å². The summed E-state index contributed by atoms with van der Waals surface area (Å²) in [5, 5.41) is 24.0. The van der Waals surface area contributed by atoms with Crippen molar-refractivity contribution in [1.82, 2.24) is 47.0 Å². The maximum absolute atomic E-state index is 5.81. The van der Waals surface area contributed by atoms with Crippen molar-refractivity contribution in [1.29, 1.82) is 0 Å². The average Bonchev–Trinajstić information content (AvgIpc) is 1.51. The van der Waals surface area contributed by atoms with E-state index in [0.29, 0.717) is 0 Å². The molecule has 0 aliphatic rings. The van der Waals surface area contributed by atoms with E-state index in [2.05, 4.69) is 403 Å². The first-order chi connectivity index (χ1) is 61.5. The van der Waals surface area contributed by atoms with E-state index in [-0.39, 0.29) is 0 Å². The number of para-hydroxylation sites is 10. The highest BCUT2D eigenvalue weighted by molar-refractivity contribution is 6.38. The third kappa shape index (κ3) is 8.85. The minimum absolute atomic E-state index is 0.775. The molecular formula is C114H64N10. The summed E-state index contributed by atoms with van der Waals surface area (Å²) in [6, 6.07) is 143. The van der Waals surface area contributed by atoms with E-state index in [4.69, 9.17) is 19.9 Å². The number of fused-ring (bicyclic) bond motifs is 32. The Balaban J connectivity index is 0.600. The predicted octanol–water partition coefficient (Wildman–Crippen LogP) is 29.2. The Morgan fingerprint density at radius 1 is 0.161 bits per heavy atom. The lowest BCUT2D eigenvalue weighted by molar-refractivity contribution is 1.08. The molecule has 10 heterocycles. The number of hydrogen-bond donors (Lipinski definition) is 0. The van der Waals surface area contributed by atoms with E-state index in [1.54, 1.807) is 0 Å². The molecule has 0 amide bonds. The standard InChI is InChI=1S/C114H64N10/c1-2-26-72(27-3-1)119-95-40-17-8-31-77(95)82-54-49-70(61-101(82)119)106-105(115-91-36-13-14-37-92(91)116-106)67-45-52-73(53-46-67)121-97-42-19-10-33-79(97)87-64-90-86-60-69(51-58-100(86)123-109-76-30-7-5-24-66(76)47-56-84(109)103(110(87)121)112(90)123)68-25-22-28-74(59-68)120-96-41-18-9-32-78(96)83-55-50-71(62-102(83)120)107-114(118-94-39-16-15-38-93(94)117-107)124-99-44-21-12-35-81(99)89-63-88-80-34-11-20-43-98(80)122-108-75-29-6-4-23-65(75)48-57-85(108)104(111(88)122)113(89)124/h1-64H. The maximum Gasteiger partial charge on any atom is 0.165 e. The third-order valence-electron chi connectivity index (χ3n) is 27.1. The molecule has 0 aliphatic carbocycles. The van der Waals surface area contributed by atoms with Gasteiger partial charge in [0.25, 0.3) is 0 Å². The Morgan fingerprint density at radius 3 is 1.11 bits per heavy atom. The largest absolute Gasteiger partial charge is 0.309 e. The van der Waals surface area contributed by atoms with Gasteiger partial charge in [-0.2, -0.15) is 0 Å². The lowest BCUT2D eigenvalue weighted by Crippen LogP contribution is -2.04. The number of hydrogen-bond acceptors (Lipinski definition) is 4. The quantitative estimate of drug-likeness (QED) is 0.152. The van der Waals surface area contributed by atoms with E-state index < -0.39 is 0 Å². The van der Waals surface area contributed by atoms with Crippen LogP contribution in [0.25, 0.3) is 275 Å². The Morgan fingerprint density at radius 2 is 0.532 bits per heavy atom. The monoisotopic (exact) mass is 1570 g/mol. The van der Waals surface area contributed by atoms with Crippen molar-refractivity contribution in [3.05, 3.63) is 388 Å². The molecular weight excluding hydrogens is 1510 g/mol.